The van der Waals surface area contributed by atoms with Crippen molar-refractivity contribution in [2.45, 2.75) is 13.5 Å². The Bertz CT molecular complexity index is 1140. The Kier molecular flexibility index (Phi) is 7.55. The largest absolute Gasteiger partial charge is 0.451 e. The van der Waals surface area contributed by atoms with Gasteiger partial charge >= 0.3 is 5.97 Å². The van der Waals surface area contributed by atoms with Crippen LogP contribution in [0.15, 0.2) is 42.5 Å². The number of amides is 2. The molecule has 0 bridgehead atoms. The Balaban J connectivity index is 1.60. The number of aryl methyl sites for hydroxylation is 1. The molecule has 7 nitrogen and oxygen atoms in total. The fourth-order valence-electron chi connectivity index (χ4n) is 3.06. The van der Waals surface area contributed by atoms with Crippen molar-refractivity contribution in [2.24, 2.45) is 0 Å². The molecule has 0 aliphatic rings. The van der Waals surface area contributed by atoms with E-state index in [0.717, 1.165) is 21.8 Å². The van der Waals surface area contributed by atoms with E-state index in [1.54, 1.807) is 24.3 Å². The maximum absolute atomic E-state index is 14.3. The Hall–Kier alpha value is -3.30. The zero-order chi connectivity index (χ0) is 23.3. The average Bonchev–Trinajstić information content (AvgIpc) is 3.13. The lowest BCUT2D eigenvalue weighted by molar-refractivity contribution is -0.136. The second kappa shape index (κ2) is 10.3. The number of anilines is 1. The van der Waals surface area contributed by atoms with Gasteiger partial charge in [-0.1, -0.05) is 23.8 Å². The van der Waals surface area contributed by atoms with Crippen molar-refractivity contribution in [2.75, 3.05) is 32.6 Å². The highest BCUT2D eigenvalue weighted by molar-refractivity contribution is 7.21. The first kappa shape index (κ1) is 23.4. The number of thiophene rings is 1. The first-order valence-corrected chi connectivity index (χ1v) is 10.6. The molecule has 0 aliphatic carbocycles. The van der Waals surface area contributed by atoms with Crippen LogP contribution in [0.5, 0.6) is 0 Å². The number of ether oxygens (including phenoxy) is 2. The molecule has 2 aromatic carbocycles. The van der Waals surface area contributed by atoms with E-state index < -0.39 is 24.3 Å². The number of likely N-dealkylation sites (N-methyl/N-ethyl adjacent to an activating group) is 1. The molecular formula is C23H23FN2O5S. The molecule has 32 heavy (non-hydrogen) atoms. The summed E-state index contributed by atoms with van der Waals surface area (Å²) in [6.07, 6.45) is 0. The van der Waals surface area contributed by atoms with Crippen molar-refractivity contribution in [1.29, 1.82) is 0 Å². The highest BCUT2D eigenvalue weighted by Gasteiger charge is 2.23. The van der Waals surface area contributed by atoms with E-state index in [1.165, 1.54) is 20.2 Å². The third-order valence-corrected chi connectivity index (χ3v) is 5.88. The monoisotopic (exact) mass is 458 g/mol. The van der Waals surface area contributed by atoms with E-state index in [4.69, 9.17) is 9.47 Å². The molecule has 0 fully saturated rings. The quantitative estimate of drug-likeness (QED) is 0.520. The number of rotatable bonds is 8. The molecule has 0 spiro atoms. The van der Waals surface area contributed by atoms with Crippen LogP contribution in [0, 0.1) is 12.7 Å². The summed E-state index contributed by atoms with van der Waals surface area (Å²) in [7, 11) is 2.88. The molecule has 0 aliphatic heterocycles. The molecular weight excluding hydrogens is 435 g/mol. The van der Waals surface area contributed by atoms with Crippen molar-refractivity contribution in [3.05, 3.63) is 64.3 Å². The summed E-state index contributed by atoms with van der Waals surface area (Å²) >= 11 is 1.08. The number of carbonyl (C=O) groups excluding carboxylic acids is 3. The molecule has 1 N–H and O–H groups in total. The van der Waals surface area contributed by atoms with Crippen molar-refractivity contribution in [3.63, 3.8) is 0 Å². The summed E-state index contributed by atoms with van der Waals surface area (Å²) in [5.74, 6) is -2.12. The van der Waals surface area contributed by atoms with Gasteiger partial charge in [-0.05, 0) is 31.2 Å². The van der Waals surface area contributed by atoms with E-state index in [2.05, 4.69) is 5.32 Å². The van der Waals surface area contributed by atoms with Gasteiger partial charge in [0.05, 0.1) is 13.2 Å². The molecule has 0 atom stereocenters. The fraction of sp³-hybridized carbons (Fsp3) is 0.261. The second-order valence-corrected chi connectivity index (χ2v) is 8.25. The molecule has 0 saturated heterocycles. The van der Waals surface area contributed by atoms with E-state index in [1.807, 2.05) is 19.1 Å². The highest BCUT2D eigenvalue weighted by atomic mass is 32.1. The summed E-state index contributed by atoms with van der Waals surface area (Å²) in [5, 5.41) is 3.01. The van der Waals surface area contributed by atoms with Crippen LogP contribution in [0.1, 0.15) is 20.8 Å². The van der Waals surface area contributed by atoms with Crippen molar-refractivity contribution in [3.8, 4) is 0 Å². The van der Waals surface area contributed by atoms with Gasteiger partial charge in [0.15, 0.2) is 6.61 Å². The fourth-order valence-corrected chi connectivity index (χ4v) is 4.17. The molecule has 9 heteroatoms. The molecule has 1 aromatic heterocycles. The van der Waals surface area contributed by atoms with Gasteiger partial charge in [-0.2, -0.15) is 0 Å². The first-order valence-electron chi connectivity index (χ1n) is 9.76. The van der Waals surface area contributed by atoms with Gasteiger partial charge in [-0.15, -0.1) is 11.3 Å². The van der Waals surface area contributed by atoms with Gasteiger partial charge < -0.3 is 19.7 Å². The molecule has 3 rings (SSSR count). The lowest BCUT2D eigenvalue weighted by Gasteiger charge is -2.17. The number of carbonyl (C=O) groups is 3. The maximum atomic E-state index is 14.3. The predicted molar refractivity (Wildman–Crippen MR) is 120 cm³/mol. The average molecular weight is 459 g/mol. The smallest absolute Gasteiger partial charge is 0.349 e. The molecule has 1 heterocycles. The minimum Gasteiger partial charge on any atom is -0.451 e. The third kappa shape index (κ3) is 5.49. The molecule has 3 aromatic rings. The second-order valence-electron chi connectivity index (χ2n) is 7.20. The summed E-state index contributed by atoms with van der Waals surface area (Å²) in [4.78, 5) is 38.4. The van der Waals surface area contributed by atoms with Gasteiger partial charge in [-0.3, -0.25) is 9.59 Å². The van der Waals surface area contributed by atoms with Gasteiger partial charge in [0.25, 0.3) is 5.91 Å². The van der Waals surface area contributed by atoms with E-state index in [9.17, 15) is 18.8 Å². The van der Waals surface area contributed by atoms with E-state index >= 15 is 0 Å². The highest BCUT2D eigenvalue weighted by Crippen LogP contribution is 2.34. The van der Waals surface area contributed by atoms with Crippen LogP contribution >= 0.6 is 11.3 Å². The number of fused-ring (bicyclic) bond motifs is 1. The zero-order valence-electron chi connectivity index (χ0n) is 17.9. The number of benzene rings is 2. The van der Waals surface area contributed by atoms with Crippen LogP contribution in [0.2, 0.25) is 0 Å². The summed E-state index contributed by atoms with van der Waals surface area (Å²) < 4.78 is 25.1. The standard InChI is InChI=1S/C23H23FN2O5S/c1-14-7-9-15(10-8-14)25-19(27)11-26(2)20(28)13-31-23(29)22-16(12-30-3)21-17(24)5-4-6-18(21)32-22/h4-10H,11-13H2,1-3H3,(H,25,27). The van der Waals surface area contributed by atoms with Gasteiger partial charge in [0.1, 0.15) is 10.7 Å². The number of nitrogens with zero attached hydrogens (tertiary/aromatic N) is 1. The lowest BCUT2D eigenvalue weighted by Crippen LogP contribution is -2.37. The third-order valence-electron chi connectivity index (χ3n) is 4.71. The molecule has 0 saturated carbocycles. The molecule has 0 radical (unpaired) electrons. The summed E-state index contributed by atoms with van der Waals surface area (Å²) in [5.41, 5.74) is 2.07. The van der Waals surface area contributed by atoms with Crippen molar-refractivity contribution < 1.29 is 28.2 Å². The van der Waals surface area contributed by atoms with Gasteiger partial charge in [0.2, 0.25) is 5.91 Å². The van der Waals surface area contributed by atoms with Crippen molar-refractivity contribution in [1.82, 2.24) is 4.90 Å². The maximum Gasteiger partial charge on any atom is 0.349 e. The molecule has 168 valence electrons. The SMILES string of the molecule is COCc1c(C(=O)OCC(=O)N(C)CC(=O)Nc2ccc(C)cc2)sc2cccc(F)c12. The predicted octanol–water partition coefficient (Wildman–Crippen LogP) is 3.75. The number of methoxy groups -OCH3 is 1. The van der Waals surface area contributed by atoms with E-state index in [0.29, 0.717) is 21.3 Å². The van der Waals surface area contributed by atoms with Crippen molar-refractivity contribution >= 4 is 44.9 Å². The summed E-state index contributed by atoms with van der Waals surface area (Å²) in [6.45, 7) is 1.22. The number of hydrogen-bond acceptors (Lipinski definition) is 6. The van der Waals surface area contributed by atoms with Crippen LogP contribution in [0.3, 0.4) is 0 Å². The molecule has 0 unspecified atom stereocenters. The van der Waals surface area contributed by atoms with Gasteiger partial charge in [0, 0.05) is 35.5 Å². The van der Waals surface area contributed by atoms with Crippen LogP contribution in [0.25, 0.3) is 10.1 Å². The topological polar surface area (TPSA) is 84.9 Å². The first-order chi connectivity index (χ1) is 15.3. The number of halogens is 1. The Morgan fingerprint density at radius 2 is 1.84 bits per heavy atom. The molecule has 2 amide bonds. The minimum atomic E-state index is -0.747. The van der Waals surface area contributed by atoms with Crippen LogP contribution in [-0.4, -0.2) is 50.0 Å². The van der Waals surface area contributed by atoms with Crippen LogP contribution < -0.4 is 5.32 Å². The number of hydrogen-bond donors (Lipinski definition) is 1. The minimum absolute atomic E-state index is 0.0262. The Morgan fingerprint density at radius 1 is 1.12 bits per heavy atom. The summed E-state index contributed by atoms with van der Waals surface area (Å²) in [6, 6.07) is 11.8. The zero-order valence-corrected chi connectivity index (χ0v) is 18.8. The van der Waals surface area contributed by atoms with E-state index in [-0.39, 0.29) is 23.9 Å². The Morgan fingerprint density at radius 3 is 2.53 bits per heavy atom. The van der Waals surface area contributed by atoms with Gasteiger partial charge in [-0.25, -0.2) is 9.18 Å². The lowest BCUT2D eigenvalue weighted by atomic mass is 10.1. The van der Waals surface area contributed by atoms with Crippen LogP contribution in [0.4, 0.5) is 10.1 Å². The normalized spacial score (nSPS) is 10.8. The number of esters is 1. The Labute approximate surface area is 188 Å². The van der Waals surface area contributed by atoms with Crippen LogP contribution in [-0.2, 0) is 25.7 Å². The number of nitrogens with one attached hydrogen (secondary N) is 1.